The lowest BCUT2D eigenvalue weighted by molar-refractivity contribution is 0.617. The Morgan fingerprint density at radius 3 is 1.88 bits per heavy atom. The topological polar surface area (TPSA) is 35.6 Å². The number of rotatable bonds is 6. The normalized spacial score (nSPS) is 11.9. The van der Waals surface area contributed by atoms with Gasteiger partial charge in [0.15, 0.2) is 4.20 Å². The molecule has 4 aromatic carbocycles. The summed E-state index contributed by atoms with van der Waals surface area (Å²) in [6.45, 7) is 0. The van der Waals surface area contributed by atoms with Crippen LogP contribution in [0, 0.1) is 0 Å². The van der Waals surface area contributed by atoms with Gasteiger partial charge in [-0.1, -0.05) is 95.5 Å². The van der Waals surface area contributed by atoms with E-state index in [0.29, 0.717) is 0 Å². The highest BCUT2D eigenvalue weighted by atomic mass is 32.2. The number of benzene rings is 4. The van der Waals surface area contributed by atoms with Crippen LogP contribution in [0.15, 0.2) is 125 Å². The molecule has 0 saturated heterocycles. The molecule has 2 heterocycles. The summed E-state index contributed by atoms with van der Waals surface area (Å²) in [5.41, 5.74) is 4.26. The second kappa shape index (κ2) is 8.70. The van der Waals surface area contributed by atoms with Crippen LogP contribution in [0.1, 0.15) is 5.56 Å². The van der Waals surface area contributed by atoms with Crippen LogP contribution in [0.3, 0.4) is 0 Å². The van der Waals surface area contributed by atoms with Gasteiger partial charge in [0.25, 0.3) is 0 Å². The minimum atomic E-state index is -0.639. The molecule has 0 fully saturated rings. The summed E-state index contributed by atoms with van der Waals surface area (Å²) in [4.78, 5) is 2.33. The second-order valence-electron chi connectivity index (χ2n) is 8.07. The molecular formula is C28H22N4S2. The first-order valence-corrected chi connectivity index (χ1v) is 12.7. The van der Waals surface area contributed by atoms with Crippen LogP contribution < -0.4 is 0 Å². The molecule has 0 aliphatic heterocycles. The number of hydrogen-bond acceptors (Lipinski definition) is 4. The van der Waals surface area contributed by atoms with Crippen LogP contribution in [-0.4, -0.2) is 19.6 Å². The Kier molecular flexibility index (Phi) is 5.40. The zero-order valence-electron chi connectivity index (χ0n) is 18.6. The van der Waals surface area contributed by atoms with E-state index in [9.17, 15) is 0 Å². The molecule has 6 aromatic rings. The molecular weight excluding hydrogens is 456 g/mol. The summed E-state index contributed by atoms with van der Waals surface area (Å²) in [6, 6.07) is 37.9. The van der Waals surface area contributed by atoms with E-state index in [1.165, 1.54) is 26.3 Å². The number of thioether (sulfide) groups is 2. The largest absolute Gasteiger partial charge is 0.350 e. The van der Waals surface area contributed by atoms with E-state index >= 15 is 0 Å². The molecule has 0 amide bonds. The number of fused-ring (bicyclic) bond motifs is 2. The Labute approximate surface area is 206 Å². The maximum Gasteiger partial charge on any atom is 0.192 e. The Hall–Kier alpha value is -3.48. The van der Waals surface area contributed by atoms with Gasteiger partial charge in [-0.25, -0.2) is 4.68 Å². The van der Waals surface area contributed by atoms with E-state index in [0.717, 1.165) is 11.0 Å². The first kappa shape index (κ1) is 21.1. The molecule has 0 unspecified atom stereocenters. The number of para-hydroxylation sites is 2. The van der Waals surface area contributed by atoms with Gasteiger partial charge < -0.3 is 4.57 Å². The summed E-state index contributed by atoms with van der Waals surface area (Å²) in [6.07, 6.45) is 2.24. The lowest BCUT2D eigenvalue weighted by Gasteiger charge is -2.33. The van der Waals surface area contributed by atoms with Crippen molar-refractivity contribution in [2.75, 3.05) is 0 Å². The first-order valence-electron chi connectivity index (χ1n) is 11.1. The van der Waals surface area contributed by atoms with Gasteiger partial charge in [0, 0.05) is 39.5 Å². The summed E-state index contributed by atoms with van der Waals surface area (Å²) >= 11 is 3.59. The number of nitrogens with zero attached hydrogens (tertiary/aromatic N) is 4. The van der Waals surface area contributed by atoms with Crippen molar-refractivity contribution in [2.24, 2.45) is 7.05 Å². The van der Waals surface area contributed by atoms with Crippen LogP contribution >= 0.6 is 23.5 Å². The monoisotopic (exact) mass is 478 g/mol. The molecule has 4 nitrogen and oxygen atoms in total. The maximum atomic E-state index is 4.77. The summed E-state index contributed by atoms with van der Waals surface area (Å²) in [5.74, 6) is 0. The summed E-state index contributed by atoms with van der Waals surface area (Å²) < 4.78 is 3.66. The minimum absolute atomic E-state index is 0.639. The molecule has 0 aliphatic carbocycles. The lowest BCUT2D eigenvalue weighted by atomic mass is 10.1. The van der Waals surface area contributed by atoms with Crippen LogP contribution in [0.2, 0.25) is 0 Å². The third-order valence-electron chi connectivity index (χ3n) is 5.87. The molecule has 0 radical (unpaired) electrons. The standard InChI is InChI=1S/C28H22N4S2/c1-31-20-24(23-16-8-10-18-26(23)31)28(33-21-12-4-2-5-13-21,34-22-14-6-3-7-15-22)32-27-19-11-9-17-25(27)29-30-32/h2-20H,1H3. The van der Waals surface area contributed by atoms with Crippen molar-refractivity contribution in [1.29, 1.82) is 0 Å². The lowest BCUT2D eigenvalue weighted by Crippen LogP contribution is -2.29. The molecule has 2 aromatic heterocycles. The van der Waals surface area contributed by atoms with Crippen molar-refractivity contribution in [3.8, 4) is 0 Å². The van der Waals surface area contributed by atoms with Crippen LogP contribution in [0.5, 0.6) is 0 Å². The van der Waals surface area contributed by atoms with Crippen LogP contribution in [0.25, 0.3) is 21.9 Å². The SMILES string of the molecule is Cn1cc(C(Sc2ccccc2)(Sc2ccccc2)n2nnc3ccccc32)c2ccccc21. The van der Waals surface area contributed by atoms with Gasteiger partial charge >= 0.3 is 0 Å². The number of aromatic nitrogens is 4. The van der Waals surface area contributed by atoms with Crippen molar-refractivity contribution in [3.05, 3.63) is 121 Å². The molecule has 0 atom stereocenters. The zero-order valence-corrected chi connectivity index (χ0v) is 20.2. The van der Waals surface area contributed by atoms with Gasteiger partial charge in [0.05, 0.1) is 5.52 Å². The highest BCUT2D eigenvalue weighted by molar-refractivity contribution is 8.17. The van der Waals surface area contributed by atoms with Gasteiger partial charge in [-0.2, -0.15) is 0 Å². The highest BCUT2D eigenvalue weighted by Gasteiger charge is 2.42. The molecule has 34 heavy (non-hydrogen) atoms. The van der Waals surface area contributed by atoms with E-state index in [4.69, 9.17) is 5.21 Å². The van der Waals surface area contributed by atoms with Gasteiger partial charge in [0.1, 0.15) is 5.52 Å². The average molecular weight is 479 g/mol. The minimum Gasteiger partial charge on any atom is -0.350 e. The first-order chi connectivity index (χ1) is 16.7. The Balaban J connectivity index is 1.70. The van der Waals surface area contributed by atoms with Gasteiger partial charge in [-0.3, -0.25) is 0 Å². The Bertz CT molecular complexity index is 1530. The van der Waals surface area contributed by atoms with E-state index < -0.39 is 4.20 Å². The Morgan fingerprint density at radius 2 is 1.21 bits per heavy atom. The molecule has 6 rings (SSSR count). The smallest absolute Gasteiger partial charge is 0.192 e. The fraction of sp³-hybridized carbons (Fsp3) is 0.0714. The molecule has 6 heteroatoms. The Morgan fingerprint density at radius 1 is 0.647 bits per heavy atom. The molecule has 166 valence electrons. The van der Waals surface area contributed by atoms with Crippen molar-refractivity contribution >= 4 is 45.5 Å². The predicted octanol–water partition coefficient (Wildman–Crippen LogP) is 7.17. The van der Waals surface area contributed by atoms with Crippen LogP contribution in [-0.2, 0) is 11.3 Å². The van der Waals surface area contributed by atoms with E-state index in [2.05, 4.69) is 125 Å². The third-order valence-corrected chi connectivity index (χ3v) is 8.72. The average Bonchev–Trinajstić information content (AvgIpc) is 3.47. The molecule has 0 saturated carbocycles. The second-order valence-corrected chi connectivity index (χ2v) is 10.9. The van der Waals surface area contributed by atoms with Crippen molar-refractivity contribution in [2.45, 2.75) is 14.0 Å². The molecule has 0 spiro atoms. The number of hydrogen-bond donors (Lipinski definition) is 0. The molecule has 0 N–H and O–H groups in total. The third kappa shape index (κ3) is 3.59. The quantitative estimate of drug-likeness (QED) is 0.188. The van der Waals surface area contributed by atoms with Gasteiger partial charge in [-0.15, -0.1) is 5.10 Å². The summed E-state index contributed by atoms with van der Waals surface area (Å²) in [7, 11) is 2.11. The maximum absolute atomic E-state index is 4.77. The fourth-order valence-corrected chi connectivity index (χ4v) is 7.27. The van der Waals surface area contributed by atoms with Gasteiger partial charge in [0.2, 0.25) is 0 Å². The summed E-state index contributed by atoms with van der Waals surface area (Å²) in [5, 5.41) is 10.5. The van der Waals surface area contributed by atoms with Gasteiger partial charge in [-0.05, 0) is 42.5 Å². The molecule has 0 aliphatic rings. The predicted molar refractivity (Wildman–Crippen MR) is 142 cm³/mol. The number of aryl methyl sites for hydroxylation is 1. The zero-order chi connectivity index (χ0) is 23.0. The van der Waals surface area contributed by atoms with Crippen molar-refractivity contribution < 1.29 is 0 Å². The van der Waals surface area contributed by atoms with E-state index in [-0.39, 0.29) is 0 Å². The van der Waals surface area contributed by atoms with E-state index in [1.54, 1.807) is 23.5 Å². The van der Waals surface area contributed by atoms with Crippen molar-refractivity contribution in [3.63, 3.8) is 0 Å². The highest BCUT2D eigenvalue weighted by Crippen LogP contribution is 2.56. The van der Waals surface area contributed by atoms with Crippen LogP contribution in [0.4, 0.5) is 0 Å². The van der Waals surface area contributed by atoms with E-state index in [1.807, 2.05) is 12.1 Å². The fourth-order valence-electron chi connectivity index (χ4n) is 4.31. The van der Waals surface area contributed by atoms with Crippen molar-refractivity contribution in [1.82, 2.24) is 19.6 Å². The molecule has 0 bridgehead atoms.